The fourth-order valence-electron chi connectivity index (χ4n) is 3.41. The molecule has 0 saturated heterocycles. The normalized spacial score (nSPS) is 17.0. The topological polar surface area (TPSA) is 63.6 Å². The van der Waals surface area contributed by atoms with Crippen LogP contribution in [0.15, 0.2) is 53.5 Å². The highest BCUT2D eigenvalue weighted by Crippen LogP contribution is 2.37. The molecule has 0 radical (unpaired) electrons. The molecule has 0 amide bonds. The van der Waals surface area contributed by atoms with Crippen molar-refractivity contribution in [3.63, 3.8) is 0 Å². The van der Waals surface area contributed by atoms with Gasteiger partial charge in [-0.2, -0.15) is 11.3 Å². The molecule has 0 fully saturated rings. The fraction of sp³-hybridized carbons (Fsp3) is 0.286. The van der Waals surface area contributed by atoms with Crippen molar-refractivity contribution in [2.45, 2.75) is 18.6 Å². The Labute approximate surface area is 162 Å². The predicted molar refractivity (Wildman–Crippen MR) is 107 cm³/mol. The number of aromatic nitrogens is 1. The number of aliphatic hydroxyl groups excluding tert-OH is 1. The molecule has 3 aromatic rings. The lowest BCUT2D eigenvalue weighted by molar-refractivity contribution is -0.0764. The summed E-state index contributed by atoms with van der Waals surface area (Å²) >= 11 is 1.70. The highest BCUT2D eigenvalue weighted by Gasteiger charge is 2.22. The van der Waals surface area contributed by atoms with Crippen molar-refractivity contribution in [3.8, 4) is 16.9 Å². The average molecular weight is 382 g/mol. The minimum absolute atomic E-state index is 0.331. The number of nitrogens with zero attached hydrogens (tertiary/aromatic N) is 1. The molecule has 140 valence electrons. The highest BCUT2D eigenvalue weighted by atomic mass is 32.1. The van der Waals surface area contributed by atoms with Gasteiger partial charge in [0.05, 0.1) is 18.5 Å². The number of aliphatic hydroxyl groups is 1. The third-order valence-electron chi connectivity index (χ3n) is 4.91. The molecular weight excluding hydrogens is 360 g/mol. The van der Waals surface area contributed by atoms with E-state index in [9.17, 15) is 5.11 Å². The molecule has 1 aromatic carbocycles. The third kappa shape index (κ3) is 3.83. The van der Waals surface area contributed by atoms with Crippen LogP contribution in [-0.2, 0) is 4.74 Å². The number of anilines is 1. The first-order chi connectivity index (χ1) is 13.3. The average Bonchev–Trinajstić information content (AvgIpc) is 3.26. The number of pyridine rings is 1. The molecule has 1 unspecified atom stereocenters. The van der Waals surface area contributed by atoms with Crippen LogP contribution >= 0.6 is 11.3 Å². The zero-order valence-electron chi connectivity index (χ0n) is 15.1. The van der Waals surface area contributed by atoms with Crippen molar-refractivity contribution >= 4 is 17.0 Å². The summed E-state index contributed by atoms with van der Waals surface area (Å²) in [6, 6.07) is 10.4. The van der Waals surface area contributed by atoms with E-state index in [1.807, 2.05) is 0 Å². The zero-order valence-corrected chi connectivity index (χ0v) is 15.9. The zero-order chi connectivity index (χ0) is 18.6. The van der Waals surface area contributed by atoms with Gasteiger partial charge in [-0.05, 0) is 52.1 Å². The van der Waals surface area contributed by atoms with E-state index < -0.39 is 6.29 Å². The summed E-state index contributed by atoms with van der Waals surface area (Å²) in [5, 5.41) is 17.7. The predicted octanol–water partition coefficient (Wildman–Crippen LogP) is 4.43. The van der Waals surface area contributed by atoms with Crippen molar-refractivity contribution in [2.75, 3.05) is 25.6 Å². The lowest BCUT2D eigenvalue weighted by Crippen LogP contribution is -2.21. The molecular formula is C21H22N2O3S. The first kappa shape index (κ1) is 18.0. The van der Waals surface area contributed by atoms with E-state index in [0.29, 0.717) is 18.1 Å². The van der Waals surface area contributed by atoms with E-state index in [4.69, 9.17) is 9.47 Å². The van der Waals surface area contributed by atoms with Gasteiger partial charge in [-0.25, -0.2) is 0 Å². The number of fused-ring (bicyclic) bond motifs is 1. The SMILES string of the molecule is COC(O)c1ccncc1NC[C@H]1CCOc2cc(-c3ccsc3)ccc21. The Bertz CT molecular complexity index is 898. The minimum atomic E-state index is -0.967. The molecule has 2 N–H and O–H groups in total. The number of rotatable bonds is 6. The summed E-state index contributed by atoms with van der Waals surface area (Å²) in [5.74, 6) is 1.29. The van der Waals surface area contributed by atoms with Crippen LogP contribution in [0.4, 0.5) is 5.69 Å². The Balaban J connectivity index is 1.52. The monoisotopic (exact) mass is 382 g/mol. The van der Waals surface area contributed by atoms with Crippen LogP contribution in [-0.4, -0.2) is 30.4 Å². The summed E-state index contributed by atoms with van der Waals surface area (Å²) in [6.45, 7) is 1.44. The van der Waals surface area contributed by atoms with Crippen LogP contribution < -0.4 is 10.1 Å². The Kier molecular flexibility index (Phi) is 5.38. The van der Waals surface area contributed by atoms with Gasteiger partial charge in [-0.3, -0.25) is 4.98 Å². The summed E-state index contributed by atoms with van der Waals surface area (Å²) in [4.78, 5) is 4.16. The van der Waals surface area contributed by atoms with Gasteiger partial charge >= 0.3 is 0 Å². The molecule has 2 aromatic heterocycles. The number of benzene rings is 1. The number of hydrogen-bond donors (Lipinski definition) is 2. The Morgan fingerprint density at radius 1 is 1.33 bits per heavy atom. The van der Waals surface area contributed by atoms with Crippen molar-refractivity contribution in [1.82, 2.24) is 4.98 Å². The van der Waals surface area contributed by atoms with Gasteiger partial charge in [0, 0.05) is 31.3 Å². The van der Waals surface area contributed by atoms with E-state index in [2.05, 4.69) is 45.3 Å². The van der Waals surface area contributed by atoms with Crippen molar-refractivity contribution < 1.29 is 14.6 Å². The maximum absolute atomic E-state index is 10.0. The van der Waals surface area contributed by atoms with Gasteiger partial charge in [0.2, 0.25) is 0 Å². The van der Waals surface area contributed by atoms with E-state index in [-0.39, 0.29) is 0 Å². The van der Waals surface area contributed by atoms with E-state index in [1.165, 1.54) is 23.8 Å². The molecule has 3 heterocycles. The lowest BCUT2D eigenvalue weighted by atomic mass is 9.91. The standard InChI is InChI=1S/C21H22N2O3S/c1-25-21(24)18-4-7-22-12-19(18)23-11-15-5-8-26-20-10-14(2-3-17(15)20)16-6-9-27-13-16/h2-4,6-7,9-10,12-13,15,21,23-24H,5,8,11H2,1H3/t15-,21?/m1/s1. The van der Waals surface area contributed by atoms with Crippen molar-refractivity contribution in [2.24, 2.45) is 0 Å². The molecule has 0 spiro atoms. The van der Waals surface area contributed by atoms with E-state index in [0.717, 1.165) is 24.4 Å². The summed E-state index contributed by atoms with van der Waals surface area (Å²) in [5.41, 5.74) is 5.09. The Hall–Kier alpha value is -2.41. The molecule has 0 bridgehead atoms. The van der Waals surface area contributed by atoms with Gasteiger partial charge in [0.25, 0.3) is 0 Å². The largest absolute Gasteiger partial charge is 0.493 e. The quantitative estimate of drug-likeness (QED) is 0.618. The minimum Gasteiger partial charge on any atom is -0.493 e. The van der Waals surface area contributed by atoms with Crippen LogP contribution in [0.25, 0.3) is 11.1 Å². The smallest absolute Gasteiger partial charge is 0.182 e. The molecule has 4 rings (SSSR count). The number of thiophene rings is 1. The number of hydrogen-bond acceptors (Lipinski definition) is 6. The first-order valence-electron chi connectivity index (χ1n) is 8.94. The van der Waals surface area contributed by atoms with Crippen LogP contribution in [0.1, 0.15) is 29.8 Å². The third-order valence-corrected chi connectivity index (χ3v) is 5.60. The van der Waals surface area contributed by atoms with Crippen LogP contribution in [0.3, 0.4) is 0 Å². The molecule has 0 saturated carbocycles. The van der Waals surface area contributed by atoms with Gasteiger partial charge in [-0.1, -0.05) is 12.1 Å². The van der Waals surface area contributed by atoms with Crippen LogP contribution in [0, 0.1) is 0 Å². The van der Waals surface area contributed by atoms with E-state index >= 15 is 0 Å². The van der Waals surface area contributed by atoms with Crippen molar-refractivity contribution in [3.05, 3.63) is 64.6 Å². The van der Waals surface area contributed by atoms with Gasteiger partial charge < -0.3 is 19.9 Å². The second-order valence-electron chi connectivity index (χ2n) is 6.53. The molecule has 5 nitrogen and oxygen atoms in total. The molecule has 6 heteroatoms. The van der Waals surface area contributed by atoms with Crippen LogP contribution in [0.5, 0.6) is 5.75 Å². The van der Waals surface area contributed by atoms with Crippen molar-refractivity contribution in [1.29, 1.82) is 0 Å². The molecule has 1 aliphatic heterocycles. The second kappa shape index (κ2) is 8.08. The van der Waals surface area contributed by atoms with Gasteiger partial charge in [0.15, 0.2) is 6.29 Å². The molecule has 2 atom stereocenters. The lowest BCUT2D eigenvalue weighted by Gasteiger charge is -2.27. The number of nitrogens with one attached hydrogen (secondary N) is 1. The molecule has 0 aliphatic carbocycles. The highest BCUT2D eigenvalue weighted by molar-refractivity contribution is 7.08. The molecule has 1 aliphatic rings. The van der Waals surface area contributed by atoms with E-state index in [1.54, 1.807) is 29.8 Å². The van der Waals surface area contributed by atoms with Crippen LogP contribution in [0.2, 0.25) is 0 Å². The summed E-state index contributed by atoms with van der Waals surface area (Å²) in [6.07, 6.45) is 3.35. The fourth-order valence-corrected chi connectivity index (χ4v) is 4.08. The first-order valence-corrected chi connectivity index (χ1v) is 9.88. The maximum Gasteiger partial charge on any atom is 0.182 e. The molecule has 27 heavy (non-hydrogen) atoms. The summed E-state index contributed by atoms with van der Waals surface area (Å²) in [7, 11) is 1.48. The maximum atomic E-state index is 10.0. The number of methoxy groups -OCH3 is 1. The Morgan fingerprint density at radius 2 is 2.26 bits per heavy atom. The van der Waals surface area contributed by atoms with Gasteiger partial charge in [0.1, 0.15) is 5.75 Å². The number of ether oxygens (including phenoxy) is 2. The van der Waals surface area contributed by atoms with Gasteiger partial charge in [-0.15, -0.1) is 0 Å². The second-order valence-corrected chi connectivity index (χ2v) is 7.31. The Morgan fingerprint density at radius 3 is 3.07 bits per heavy atom. The summed E-state index contributed by atoms with van der Waals surface area (Å²) < 4.78 is 11.0.